The first kappa shape index (κ1) is 14.0. The average Bonchev–Trinajstić information content (AvgIpc) is 3.04. The van der Waals surface area contributed by atoms with Crippen molar-refractivity contribution in [2.45, 2.75) is 0 Å². The Kier molecular flexibility index (Phi) is 3.65. The van der Waals surface area contributed by atoms with Gasteiger partial charge < -0.3 is 19.4 Å². The van der Waals surface area contributed by atoms with Gasteiger partial charge in [0, 0.05) is 10.6 Å². The molecule has 7 heteroatoms. The van der Waals surface area contributed by atoms with Crippen molar-refractivity contribution in [2.24, 2.45) is 0 Å². The second kappa shape index (κ2) is 5.46. The minimum absolute atomic E-state index is 0.249. The number of hydrogen-bond acceptors (Lipinski definition) is 5. The number of halogens is 2. The van der Waals surface area contributed by atoms with Crippen LogP contribution in [0.25, 0.3) is 22.5 Å². The quantitative estimate of drug-likeness (QED) is 0.730. The van der Waals surface area contributed by atoms with Crippen molar-refractivity contribution in [3.63, 3.8) is 0 Å². The maximum Gasteiger partial charge on any atom is 0.181 e. The molecule has 21 heavy (non-hydrogen) atoms. The van der Waals surface area contributed by atoms with Crippen molar-refractivity contribution in [2.75, 3.05) is 12.8 Å². The summed E-state index contributed by atoms with van der Waals surface area (Å²) in [5.41, 5.74) is 7.97. The van der Waals surface area contributed by atoms with Gasteiger partial charge in [0.05, 0.1) is 24.5 Å². The third-order valence-corrected chi connectivity index (χ3v) is 3.86. The van der Waals surface area contributed by atoms with E-state index >= 15 is 0 Å². The number of benzene rings is 1. The molecular weight excluding hydrogens is 360 g/mol. The van der Waals surface area contributed by atoms with E-state index in [2.05, 4.69) is 21.1 Å². The van der Waals surface area contributed by atoms with Crippen molar-refractivity contribution in [3.05, 3.63) is 40.2 Å². The van der Waals surface area contributed by atoms with Crippen molar-refractivity contribution in [1.82, 2.24) is 5.16 Å². The Hall–Kier alpha value is -1.92. The fraction of sp³-hybridized carbons (Fsp3) is 0.0714. The summed E-state index contributed by atoms with van der Waals surface area (Å²) in [5, 5.41) is 4.40. The summed E-state index contributed by atoms with van der Waals surface area (Å²) in [6.07, 6.45) is 1.54. The lowest BCUT2D eigenvalue weighted by molar-refractivity contribution is 0.416. The fourth-order valence-electron chi connectivity index (χ4n) is 2.08. The second-order valence-electron chi connectivity index (χ2n) is 4.22. The van der Waals surface area contributed by atoms with Crippen LogP contribution in [0.1, 0.15) is 0 Å². The monoisotopic (exact) mass is 368 g/mol. The van der Waals surface area contributed by atoms with Crippen LogP contribution >= 0.6 is 27.5 Å². The Morgan fingerprint density at radius 3 is 2.76 bits per heavy atom. The first-order valence-electron chi connectivity index (χ1n) is 5.94. The van der Waals surface area contributed by atoms with Crippen molar-refractivity contribution in [1.29, 1.82) is 0 Å². The van der Waals surface area contributed by atoms with Gasteiger partial charge in [-0.05, 0) is 40.2 Å². The molecule has 0 aliphatic rings. The zero-order valence-corrected chi connectivity index (χ0v) is 13.2. The summed E-state index contributed by atoms with van der Waals surface area (Å²) in [4.78, 5) is 0. The van der Waals surface area contributed by atoms with E-state index in [1.807, 2.05) is 0 Å². The molecule has 108 valence electrons. The molecule has 0 bridgehead atoms. The number of nitrogens with zero attached hydrogens (tertiary/aromatic N) is 1. The Morgan fingerprint density at radius 2 is 2.10 bits per heavy atom. The minimum Gasteiger partial charge on any atom is -0.496 e. The van der Waals surface area contributed by atoms with Gasteiger partial charge in [-0.2, -0.15) is 0 Å². The molecule has 2 heterocycles. The maximum atomic E-state index is 6.08. The summed E-state index contributed by atoms with van der Waals surface area (Å²) in [6, 6.07) is 7.00. The van der Waals surface area contributed by atoms with Gasteiger partial charge in [-0.25, -0.2) is 0 Å². The Labute approximate surface area is 133 Å². The van der Waals surface area contributed by atoms with Crippen LogP contribution in [0.15, 0.2) is 44.1 Å². The number of anilines is 1. The number of nitrogen functional groups attached to an aromatic ring is 1. The highest BCUT2D eigenvalue weighted by molar-refractivity contribution is 9.10. The van der Waals surface area contributed by atoms with Crippen LogP contribution in [0, 0.1) is 0 Å². The van der Waals surface area contributed by atoms with Crippen LogP contribution in [0.4, 0.5) is 5.82 Å². The molecule has 0 saturated carbocycles. The summed E-state index contributed by atoms with van der Waals surface area (Å²) >= 11 is 9.39. The van der Waals surface area contributed by atoms with Gasteiger partial charge in [-0.15, -0.1) is 0 Å². The molecule has 0 aliphatic heterocycles. The smallest absolute Gasteiger partial charge is 0.181 e. The molecule has 0 fully saturated rings. The molecule has 5 nitrogen and oxygen atoms in total. The summed E-state index contributed by atoms with van der Waals surface area (Å²) in [5.74, 6) is 1.35. The molecule has 0 unspecified atom stereocenters. The number of aromatic nitrogens is 1. The van der Waals surface area contributed by atoms with Gasteiger partial charge in [0.1, 0.15) is 5.75 Å². The average molecular weight is 370 g/mol. The molecule has 0 atom stereocenters. The maximum absolute atomic E-state index is 6.08. The highest BCUT2D eigenvalue weighted by Crippen LogP contribution is 2.43. The van der Waals surface area contributed by atoms with Crippen LogP contribution < -0.4 is 10.5 Å². The normalized spacial score (nSPS) is 10.8. The molecule has 3 rings (SSSR count). The Morgan fingerprint density at radius 1 is 1.29 bits per heavy atom. The van der Waals surface area contributed by atoms with Gasteiger partial charge in [0.2, 0.25) is 0 Å². The summed E-state index contributed by atoms with van der Waals surface area (Å²) in [6.45, 7) is 0. The third-order valence-electron chi connectivity index (χ3n) is 3.01. The SMILES string of the molecule is COc1ccc(Cl)cc1-c1c(N)noc1-c1ccoc1Br. The molecule has 0 saturated heterocycles. The number of furan rings is 1. The summed E-state index contributed by atoms with van der Waals surface area (Å²) < 4.78 is 16.5. The third kappa shape index (κ3) is 2.41. The molecule has 0 spiro atoms. The number of rotatable bonds is 3. The minimum atomic E-state index is 0.249. The fourth-order valence-corrected chi connectivity index (χ4v) is 2.67. The van der Waals surface area contributed by atoms with Gasteiger partial charge in [-0.3, -0.25) is 0 Å². The van der Waals surface area contributed by atoms with Crippen LogP contribution in [0.5, 0.6) is 5.75 Å². The van der Waals surface area contributed by atoms with E-state index < -0.39 is 0 Å². The molecule has 1 aromatic carbocycles. The lowest BCUT2D eigenvalue weighted by Crippen LogP contribution is -1.92. The molecular formula is C14H10BrClN2O3. The zero-order valence-electron chi connectivity index (χ0n) is 10.9. The van der Waals surface area contributed by atoms with Crippen molar-refractivity contribution < 1.29 is 13.7 Å². The summed E-state index contributed by atoms with van der Waals surface area (Å²) in [7, 11) is 1.57. The van der Waals surface area contributed by atoms with E-state index in [1.54, 1.807) is 31.4 Å². The van der Waals surface area contributed by atoms with Crippen LogP contribution in [0.3, 0.4) is 0 Å². The largest absolute Gasteiger partial charge is 0.496 e. The molecule has 2 aromatic heterocycles. The van der Waals surface area contributed by atoms with E-state index in [4.69, 9.17) is 31.0 Å². The first-order valence-corrected chi connectivity index (χ1v) is 7.11. The van der Waals surface area contributed by atoms with E-state index in [0.717, 1.165) is 0 Å². The molecule has 3 aromatic rings. The molecule has 0 amide bonds. The Balaban J connectivity index is 2.27. The standard InChI is InChI=1S/C14H10BrClN2O3/c1-19-10-3-2-7(16)6-9(10)11-12(21-18-14(11)17)8-4-5-20-13(8)15/h2-6H,1H3,(H2,17,18). The van der Waals surface area contributed by atoms with Gasteiger partial charge in [0.15, 0.2) is 16.2 Å². The lowest BCUT2D eigenvalue weighted by Gasteiger charge is -2.09. The van der Waals surface area contributed by atoms with Crippen LogP contribution in [-0.2, 0) is 0 Å². The van der Waals surface area contributed by atoms with E-state index in [-0.39, 0.29) is 5.82 Å². The Bertz CT molecular complexity index is 797. The number of ether oxygens (including phenoxy) is 1. The lowest BCUT2D eigenvalue weighted by atomic mass is 10.0. The zero-order chi connectivity index (χ0) is 15.0. The molecule has 0 aliphatic carbocycles. The highest BCUT2D eigenvalue weighted by atomic mass is 79.9. The predicted molar refractivity (Wildman–Crippen MR) is 83.3 cm³/mol. The topological polar surface area (TPSA) is 74.4 Å². The van der Waals surface area contributed by atoms with Gasteiger partial charge in [0.25, 0.3) is 0 Å². The number of hydrogen-bond donors (Lipinski definition) is 1. The van der Waals surface area contributed by atoms with Crippen LogP contribution in [0.2, 0.25) is 5.02 Å². The van der Waals surface area contributed by atoms with Gasteiger partial charge >= 0.3 is 0 Å². The van der Waals surface area contributed by atoms with E-state index in [9.17, 15) is 0 Å². The van der Waals surface area contributed by atoms with E-state index in [0.29, 0.717) is 37.9 Å². The predicted octanol–water partition coefficient (Wildman–Crippen LogP) is 4.61. The molecule has 2 N–H and O–H groups in total. The second-order valence-corrected chi connectivity index (χ2v) is 5.38. The number of nitrogens with two attached hydrogens (primary N) is 1. The number of methoxy groups -OCH3 is 1. The molecule has 0 radical (unpaired) electrons. The highest BCUT2D eigenvalue weighted by Gasteiger charge is 2.23. The first-order chi connectivity index (χ1) is 10.1. The van der Waals surface area contributed by atoms with Gasteiger partial charge in [-0.1, -0.05) is 16.8 Å². The van der Waals surface area contributed by atoms with Crippen molar-refractivity contribution in [3.8, 4) is 28.2 Å². The van der Waals surface area contributed by atoms with Crippen molar-refractivity contribution >= 4 is 33.3 Å². The van der Waals surface area contributed by atoms with E-state index in [1.165, 1.54) is 6.26 Å². The van der Waals surface area contributed by atoms with Crippen LogP contribution in [-0.4, -0.2) is 12.3 Å².